The first-order valence-electron chi connectivity index (χ1n) is 6.20. The molecule has 0 amide bonds. The molecule has 0 fully saturated rings. The number of nitrogens with zero attached hydrogens (tertiary/aromatic N) is 1. The third-order valence-corrected chi connectivity index (χ3v) is 3.34. The van der Waals surface area contributed by atoms with E-state index < -0.39 is 0 Å². The minimum absolute atomic E-state index is 0.256. The molecule has 0 aromatic heterocycles. The number of carbonyl (C=O) groups is 1. The summed E-state index contributed by atoms with van der Waals surface area (Å²) in [7, 11) is 0. The summed E-state index contributed by atoms with van der Waals surface area (Å²) in [5.74, 6) is 0.850. The average molecular weight is 213 g/mol. The number of carbonyl (C=O) groups excluding carboxylic acids is 1. The van der Waals surface area contributed by atoms with Gasteiger partial charge in [0.05, 0.1) is 5.54 Å². The zero-order valence-corrected chi connectivity index (χ0v) is 11.3. The van der Waals surface area contributed by atoms with Crippen molar-refractivity contribution in [3.8, 4) is 0 Å². The molecule has 0 saturated carbocycles. The topological polar surface area (TPSA) is 20.3 Å². The summed E-state index contributed by atoms with van der Waals surface area (Å²) in [4.78, 5) is 14.5. The predicted octanol–water partition coefficient (Wildman–Crippen LogP) is 3.11. The van der Waals surface area contributed by atoms with Crippen LogP contribution in [0.2, 0.25) is 0 Å². The summed E-state index contributed by atoms with van der Waals surface area (Å²) < 4.78 is 0. The Morgan fingerprint density at radius 3 is 1.93 bits per heavy atom. The van der Waals surface area contributed by atoms with Gasteiger partial charge >= 0.3 is 0 Å². The van der Waals surface area contributed by atoms with Crippen LogP contribution < -0.4 is 0 Å². The number of hydrogen-bond acceptors (Lipinski definition) is 2. The predicted molar refractivity (Wildman–Crippen MR) is 66.1 cm³/mol. The van der Waals surface area contributed by atoms with E-state index in [1.807, 2.05) is 0 Å². The molecule has 15 heavy (non-hydrogen) atoms. The van der Waals surface area contributed by atoms with Crippen LogP contribution in [-0.2, 0) is 4.79 Å². The van der Waals surface area contributed by atoms with Gasteiger partial charge in [-0.3, -0.25) is 9.69 Å². The highest BCUT2D eigenvalue weighted by Gasteiger charge is 2.35. The van der Waals surface area contributed by atoms with Gasteiger partial charge in [0.25, 0.3) is 0 Å². The summed E-state index contributed by atoms with van der Waals surface area (Å²) in [6, 6.07) is 0. The highest BCUT2D eigenvalue weighted by atomic mass is 16.1. The summed E-state index contributed by atoms with van der Waals surface area (Å²) in [5.41, 5.74) is -0.256. The second-order valence-corrected chi connectivity index (χ2v) is 4.82. The molecule has 2 nitrogen and oxygen atoms in total. The van der Waals surface area contributed by atoms with Gasteiger partial charge in [-0.05, 0) is 32.4 Å². The molecule has 0 radical (unpaired) electrons. The van der Waals surface area contributed by atoms with Crippen molar-refractivity contribution in [1.82, 2.24) is 4.90 Å². The van der Waals surface area contributed by atoms with Crippen LogP contribution in [0.3, 0.4) is 0 Å². The lowest BCUT2D eigenvalue weighted by Gasteiger charge is -2.38. The van der Waals surface area contributed by atoms with Gasteiger partial charge in [-0.1, -0.05) is 34.6 Å². The van der Waals surface area contributed by atoms with E-state index in [9.17, 15) is 4.79 Å². The van der Waals surface area contributed by atoms with E-state index in [-0.39, 0.29) is 5.54 Å². The minimum Gasteiger partial charge on any atom is -0.298 e. The van der Waals surface area contributed by atoms with Crippen LogP contribution in [0.1, 0.15) is 54.4 Å². The van der Waals surface area contributed by atoms with Crippen molar-refractivity contribution in [2.45, 2.75) is 59.9 Å². The summed E-state index contributed by atoms with van der Waals surface area (Å²) in [6.07, 6.45) is 1.60. The SMILES string of the molecule is CCN(CC)C(C)(CC)C(=O)CC(C)C. The van der Waals surface area contributed by atoms with Gasteiger partial charge in [-0.25, -0.2) is 0 Å². The summed E-state index contributed by atoms with van der Waals surface area (Å²) in [6.45, 7) is 14.6. The summed E-state index contributed by atoms with van der Waals surface area (Å²) in [5, 5.41) is 0. The normalized spacial score (nSPS) is 15.7. The lowest BCUT2D eigenvalue weighted by atomic mass is 9.86. The van der Waals surface area contributed by atoms with E-state index in [2.05, 4.69) is 46.4 Å². The fourth-order valence-corrected chi connectivity index (χ4v) is 2.11. The van der Waals surface area contributed by atoms with Gasteiger partial charge in [0.2, 0.25) is 0 Å². The first-order chi connectivity index (χ1) is 6.92. The molecule has 0 aromatic rings. The van der Waals surface area contributed by atoms with Crippen LogP contribution in [0.25, 0.3) is 0 Å². The molecule has 90 valence electrons. The fourth-order valence-electron chi connectivity index (χ4n) is 2.11. The number of hydrogen-bond donors (Lipinski definition) is 0. The second kappa shape index (κ2) is 6.26. The number of likely N-dealkylation sites (N-methyl/N-ethyl adjacent to an activating group) is 1. The molecule has 0 aromatic carbocycles. The molecule has 1 atom stereocenters. The van der Waals surface area contributed by atoms with Crippen molar-refractivity contribution in [2.75, 3.05) is 13.1 Å². The minimum atomic E-state index is -0.256. The van der Waals surface area contributed by atoms with Crippen LogP contribution in [0.15, 0.2) is 0 Å². The van der Waals surface area contributed by atoms with Gasteiger partial charge < -0.3 is 0 Å². The first kappa shape index (κ1) is 14.6. The van der Waals surface area contributed by atoms with Gasteiger partial charge in [0.1, 0.15) is 0 Å². The smallest absolute Gasteiger partial charge is 0.153 e. The Kier molecular flexibility index (Phi) is 6.11. The molecule has 0 saturated heterocycles. The van der Waals surface area contributed by atoms with E-state index >= 15 is 0 Å². The molecule has 0 bridgehead atoms. The van der Waals surface area contributed by atoms with Gasteiger partial charge in [0, 0.05) is 6.42 Å². The van der Waals surface area contributed by atoms with Crippen LogP contribution in [0.4, 0.5) is 0 Å². The summed E-state index contributed by atoms with van der Waals surface area (Å²) >= 11 is 0. The van der Waals surface area contributed by atoms with E-state index in [4.69, 9.17) is 0 Å². The molecule has 0 N–H and O–H groups in total. The van der Waals surface area contributed by atoms with Gasteiger partial charge in [-0.2, -0.15) is 0 Å². The maximum Gasteiger partial charge on any atom is 0.153 e. The van der Waals surface area contributed by atoms with E-state index in [0.29, 0.717) is 18.1 Å². The molecule has 0 aliphatic heterocycles. The zero-order valence-electron chi connectivity index (χ0n) is 11.3. The Balaban J connectivity index is 4.74. The lowest BCUT2D eigenvalue weighted by Crippen LogP contribution is -2.52. The monoisotopic (exact) mass is 213 g/mol. The lowest BCUT2D eigenvalue weighted by molar-refractivity contribution is -0.131. The molecule has 2 heteroatoms. The first-order valence-corrected chi connectivity index (χ1v) is 6.20. The number of ketones is 1. The molecule has 0 aliphatic rings. The largest absolute Gasteiger partial charge is 0.298 e. The Hall–Kier alpha value is -0.370. The fraction of sp³-hybridized carbons (Fsp3) is 0.923. The van der Waals surface area contributed by atoms with E-state index in [1.54, 1.807) is 0 Å². The van der Waals surface area contributed by atoms with Crippen molar-refractivity contribution in [1.29, 1.82) is 0 Å². The highest BCUT2D eigenvalue weighted by Crippen LogP contribution is 2.23. The van der Waals surface area contributed by atoms with Gasteiger partial charge in [-0.15, -0.1) is 0 Å². The quantitative estimate of drug-likeness (QED) is 0.647. The second-order valence-electron chi connectivity index (χ2n) is 4.82. The Bertz CT molecular complexity index is 197. The van der Waals surface area contributed by atoms with Crippen molar-refractivity contribution < 1.29 is 4.79 Å². The van der Waals surface area contributed by atoms with E-state index in [0.717, 1.165) is 19.5 Å². The zero-order chi connectivity index (χ0) is 12.1. The number of rotatable bonds is 7. The number of Topliss-reactive ketones (excluding diaryl/α,β-unsaturated/α-hetero) is 1. The van der Waals surface area contributed by atoms with Crippen molar-refractivity contribution in [3.05, 3.63) is 0 Å². The van der Waals surface area contributed by atoms with Crippen LogP contribution >= 0.6 is 0 Å². The molecular weight excluding hydrogens is 186 g/mol. The van der Waals surface area contributed by atoms with E-state index in [1.165, 1.54) is 0 Å². The third kappa shape index (κ3) is 3.60. The van der Waals surface area contributed by atoms with Crippen LogP contribution in [0.5, 0.6) is 0 Å². The third-order valence-electron chi connectivity index (χ3n) is 3.34. The van der Waals surface area contributed by atoms with Gasteiger partial charge in [0.15, 0.2) is 5.78 Å². The molecular formula is C13H27NO. The average Bonchev–Trinajstić information content (AvgIpc) is 2.18. The molecule has 0 spiro atoms. The molecule has 0 rings (SSSR count). The van der Waals surface area contributed by atoms with Crippen LogP contribution in [0, 0.1) is 5.92 Å². The van der Waals surface area contributed by atoms with Crippen molar-refractivity contribution in [2.24, 2.45) is 5.92 Å². The maximum atomic E-state index is 12.2. The standard InChI is InChI=1S/C13H27NO/c1-7-13(6,14(8-2)9-3)12(15)10-11(4)5/h11H,7-10H2,1-6H3. The Morgan fingerprint density at radius 2 is 1.67 bits per heavy atom. The molecule has 0 aliphatic carbocycles. The highest BCUT2D eigenvalue weighted by molar-refractivity contribution is 5.88. The van der Waals surface area contributed by atoms with Crippen LogP contribution in [-0.4, -0.2) is 29.3 Å². The van der Waals surface area contributed by atoms with Crippen molar-refractivity contribution >= 4 is 5.78 Å². The molecule has 0 heterocycles. The van der Waals surface area contributed by atoms with Crippen molar-refractivity contribution in [3.63, 3.8) is 0 Å². The Labute approximate surface area is 95.0 Å². The molecule has 1 unspecified atom stereocenters. The maximum absolute atomic E-state index is 12.2. The Morgan fingerprint density at radius 1 is 1.20 bits per heavy atom.